The minimum atomic E-state index is -0.0930. The van der Waals surface area contributed by atoms with Gasteiger partial charge in [-0.15, -0.1) is 0 Å². The van der Waals surface area contributed by atoms with Gasteiger partial charge < -0.3 is 19.9 Å². The second-order valence-electron chi connectivity index (χ2n) is 5.90. The molecule has 2 heterocycles. The average Bonchev–Trinajstić information content (AvgIpc) is 3.20. The topological polar surface area (TPSA) is 94.0 Å². The van der Waals surface area contributed by atoms with E-state index in [9.17, 15) is 4.79 Å². The summed E-state index contributed by atoms with van der Waals surface area (Å²) in [6.45, 7) is 1.52. The van der Waals surface area contributed by atoms with Crippen LogP contribution in [-0.4, -0.2) is 40.6 Å². The van der Waals surface area contributed by atoms with Crippen LogP contribution < -0.4 is 10.1 Å². The number of aromatic amines is 1. The predicted octanol–water partition coefficient (Wildman–Crippen LogP) is 2.60. The first-order valence-corrected chi connectivity index (χ1v) is 8.44. The van der Waals surface area contributed by atoms with Crippen molar-refractivity contribution in [3.05, 3.63) is 48.0 Å². The van der Waals surface area contributed by atoms with Crippen LogP contribution in [0.3, 0.4) is 0 Å². The van der Waals surface area contributed by atoms with E-state index in [-0.39, 0.29) is 12.1 Å². The summed E-state index contributed by atoms with van der Waals surface area (Å²) in [7, 11) is 0. The standard InChI is InChI=1S/C18H21N5O2/c19-13-14-4-6-15(7-5-14)25-12-10-22-18(24)23-11-2-1-3-16(23)17-20-8-9-21-17/h4-9,16H,1-3,10-12H2,(H,20,21)(H,22,24). The van der Waals surface area contributed by atoms with Crippen molar-refractivity contribution in [3.63, 3.8) is 0 Å². The van der Waals surface area contributed by atoms with Crippen LogP contribution in [0.4, 0.5) is 4.79 Å². The minimum Gasteiger partial charge on any atom is -0.492 e. The van der Waals surface area contributed by atoms with Crippen molar-refractivity contribution in [2.24, 2.45) is 0 Å². The highest BCUT2D eigenvalue weighted by atomic mass is 16.5. The van der Waals surface area contributed by atoms with Crippen molar-refractivity contribution >= 4 is 6.03 Å². The number of benzene rings is 1. The van der Waals surface area contributed by atoms with E-state index >= 15 is 0 Å². The number of nitrogens with one attached hydrogen (secondary N) is 2. The third kappa shape index (κ3) is 4.29. The molecule has 1 fully saturated rings. The van der Waals surface area contributed by atoms with Gasteiger partial charge in [-0.2, -0.15) is 5.26 Å². The highest BCUT2D eigenvalue weighted by Gasteiger charge is 2.29. The Balaban J connectivity index is 1.47. The molecule has 1 aliphatic rings. The molecule has 25 heavy (non-hydrogen) atoms. The van der Waals surface area contributed by atoms with Crippen molar-refractivity contribution in [3.8, 4) is 11.8 Å². The Morgan fingerprint density at radius 1 is 1.40 bits per heavy atom. The summed E-state index contributed by atoms with van der Waals surface area (Å²) < 4.78 is 5.58. The second kappa shape index (κ2) is 8.20. The zero-order valence-electron chi connectivity index (χ0n) is 13.9. The Morgan fingerprint density at radius 3 is 2.96 bits per heavy atom. The van der Waals surface area contributed by atoms with Crippen molar-refractivity contribution in [1.29, 1.82) is 5.26 Å². The molecule has 3 rings (SSSR count). The molecule has 0 spiro atoms. The first-order valence-electron chi connectivity index (χ1n) is 8.44. The summed E-state index contributed by atoms with van der Waals surface area (Å²) in [5.41, 5.74) is 0.592. The van der Waals surface area contributed by atoms with Crippen molar-refractivity contribution in [2.75, 3.05) is 19.7 Å². The smallest absolute Gasteiger partial charge is 0.318 e. The monoisotopic (exact) mass is 339 g/mol. The highest BCUT2D eigenvalue weighted by Crippen LogP contribution is 2.28. The summed E-state index contributed by atoms with van der Waals surface area (Å²) >= 11 is 0. The van der Waals surface area contributed by atoms with E-state index in [4.69, 9.17) is 10.00 Å². The highest BCUT2D eigenvalue weighted by molar-refractivity contribution is 5.74. The molecular weight excluding hydrogens is 318 g/mol. The summed E-state index contributed by atoms with van der Waals surface area (Å²) in [6.07, 6.45) is 6.52. The Kier molecular flexibility index (Phi) is 5.52. The molecule has 0 aliphatic carbocycles. The van der Waals surface area contributed by atoms with Gasteiger partial charge in [0, 0.05) is 18.9 Å². The minimum absolute atomic E-state index is 0.00296. The fourth-order valence-corrected chi connectivity index (χ4v) is 2.97. The molecule has 1 unspecified atom stereocenters. The molecular formula is C18H21N5O2. The van der Waals surface area contributed by atoms with Gasteiger partial charge in [-0.05, 0) is 43.5 Å². The molecule has 2 amide bonds. The normalized spacial score (nSPS) is 16.9. The number of imidazole rings is 1. The van der Waals surface area contributed by atoms with Crippen LogP contribution in [0.1, 0.15) is 36.7 Å². The molecule has 0 radical (unpaired) electrons. The summed E-state index contributed by atoms with van der Waals surface area (Å²) in [6, 6.07) is 8.88. The van der Waals surface area contributed by atoms with Crippen molar-refractivity contribution in [1.82, 2.24) is 20.2 Å². The fourth-order valence-electron chi connectivity index (χ4n) is 2.97. The van der Waals surface area contributed by atoms with E-state index in [1.165, 1.54) is 0 Å². The molecule has 2 N–H and O–H groups in total. The van der Waals surface area contributed by atoms with E-state index in [1.54, 1.807) is 36.7 Å². The number of nitrogens with zero attached hydrogens (tertiary/aromatic N) is 3. The van der Waals surface area contributed by atoms with E-state index in [1.807, 2.05) is 4.90 Å². The average molecular weight is 339 g/mol. The van der Waals surface area contributed by atoms with Crippen LogP contribution in [0.5, 0.6) is 5.75 Å². The maximum absolute atomic E-state index is 12.5. The van der Waals surface area contributed by atoms with Gasteiger partial charge in [0.2, 0.25) is 0 Å². The lowest BCUT2D eigenvalue weighted by atomic mass is 10.0. The number of nitriles is 1. The van der Waals surface area contributed by atoms with Gasteiger partial charge in [-0.25, -0.2) is 9.78 Å². The third-order valence-corrected chi connectivity index (χ3v) is 4.23. The molecule has 130 valence electrons. The van der Waals surface area contributed by atoms with Crippen molar-refractivity contribution < 1.29 is 9.53 Å². The number of ether oxygens (including phenoxy) is 1. The lowest BCUT2D eigenvalue weighted by molar-refractivity contribution is 0.146. The Morgan fingerprint density at radius 2 is 2.24 bits per heavy atom. The number of hydrogen-bond acceptors (Lipinski definition) is 4. The maximum atomic E-state index is 12.5. The number of piperidine rings is 1. The van der Waals surface area contributed by atoms with Crippen LogP contribution in [0.25, 0.3) is 0 Å². The van der Waals surface area contributed by atoms with Gasteiger partial charge in [-0.3, -0.25) is 0 Å². The molecule has 1 aliphatic heterocycles. The third-order valence-electron chi connectivity index (χ3n) is 4.23. The fraction of sp³-hybridized carbons (Fsp3) is 0.389. The molecule has 2 aromatic rings. The number of hydrogen-bond donors (Lipinski definition) is 2. The number of amides is 2. The Labute approximate surface area is 146 Å². The van der Waals surface area contributed by atoms with Gasteiger partial charge in [0.1, 0.15) is 18.2 Å². The summed E-state index contributed by atoms with van der Waals surface area (Å²) in [4.78, 5) is 21.7. The molecule has 7 heteroatoms. The number of aromatic nitrogens is 2. The van der Waals surface area contributed by atoms with E-state index < -0.39 is 0 Å². The van der Waals surface area contributed by atoms with Gasteiger partial charge in [-0.1, -0.05) is 0 Å². The lowest BCUT2D eigenvalue weighted by Crippen LogP contribution is -2.45. The quantitative estimate of drug-likeness (QED) is 0.819. The van der Waals surface area contributed by atoms with E-state index in [0.29, 0.717) is 24.5 Å². The molecule has 1 saturated heterocycles. The van der Waals surface area contributed by atoms with Crippen LogP contribution in [0.2, 0.25) is 0 Å². The van der Waals surface area contributed by atoms with Crippen LogP contribution in [-0.2, 0) is 0 Å². The maximum Gasteiger partial charge on any atom is 0.318 e. The number of H-pyrrole nitrogens is 1. The zero-order chi connectivity index (χ0) is 17.5. The van der Waals surface area contributed by atoms with E-state index in [0.717, 1.165) is 31.6 Å². The first kappa shape index (κ1) is 16.8. The number of likely N-dealkylation sites (tertiary alicyclic amines) is 1. The largest absolute Gasteiger partial charge is 0.492 e. The number of carbonyl (C=O) groups excluding carboxylic acids is 1. The number of urea groups is 1. The first-order chi connectivity index (χ1) is 12.3. The lowest BCUT2D eigenvalue weighted by Gasteiger charge is -2.34. The van der Waals surface area contributed by atoms with Gasteiger partial charge >= 0.3 is 6.03 Å². The zero-order valence-corrected chi connectivity index (χ0v) is 13.9. The predicted molar refractivity (Wildman–Crippen MR) is 91.9 cm³/mol. The molecule has 1 atom stereocenters. The Hall–Kier alpha value is -3.01. The molecule has 7 nitrogen and oxygen atoms in total. The molecule has 1 aromatic heterocycles. The summed E-state index contributed by atoms with van der Waals surface area (Å²) in [5, 5.41) is 11.7. The van der Waals surface area contributed by atoms with Gasteiger partial charge in [0.05, 0.1) is 24.2 Å². The van der Waals surface area contributed by atoms with E-state index in [2.05, 4.69) is 21.4 Å². The molecule has 0 saturated carbocycles. The Bertz CT molecular complexity index is 721. The SMILES string of the molecule is N#Cc1ccc(OCCNC(=O)N2CCCCC2c2ncc[nH]2)cc1. The van der Waals surface area contributed by atoms with Crippen LogP contribution >= 0.6 is 0 Å². The van der Waals surface area contributed by atoms with Crippen molar-refractivity contribution in [2.45, 2.75) is 25.3 Å². The van der Waals surface area contributed by atoms with Gasteiger partial charge in [0.15, 0.2) is 0 Å². The van der Waals surface area contributed by atoms with Gasteiger partial charge in [0.25, 0.3) is 0 Å². The summed E-state index contributed by atoms with van der Waals surface area (Å²) in [5.74, 6) is 1.52. The second-order valence-corrected chi connectivity index (χ2v) is 5.90. The molecule has 1 aromatic carbocycles. The van der Waals surface area contributed by atoms with Crippen LogP contribution in [0, 0.1) is 11.3 Å². The van der Waals surface area contributed by atoms with Crippen LogP contribution in [0.15, 0.2) is 36.7 Å². The number of rotatable bonds is 5. The number of carbonyl (C=O) groups is 1. The molecule has 0 bridgehead atoms.